The molecule has 0 unspecified atom stereocenters. The maximum Gasteiger partial charge on any atom is 0.269 e. The van der Waals surface area contributed by atoms with Crippen LogP contribution in [0.5, 0.6) is 0 Å². The Morgan fingerprint density at radius 1 is 1.38 bits per heavy atom. The highest BCUT2D eigenvalue weighted by molar-refractivity contribution is 14.1. The van der Waals surface area contributed by atoms with Crippen LogP contribution in [0.3, 0.4) is 0 Å². The molecule has 1 aromatic rings. The molecule has 1 heterocycles. The van der Waals surface area contributed by atoms with Gasteiger partial charge in [0, 0.05) is 17.2 Å². The van der Waals surface area contributed by atoms with Gasteiger partial charge >= 0.3 is 0 Å². The number of alkyl halides is 1. The van der Waals surface area contributed by atoms with Crippen LogP contribution < -0.4 is 5.32 Å². The van der Waals surface area contributed by atoms with Crippen molar-refractivity contribution in [1.82, 2.24) is 10.3 Å². The molecule has 3 nitrogen and oxygen atoms in total. The number of hydrogen-bond donors (Lipinski definition) is 1. The van der Waals surface area contributed by atoms with E-state index < -0.39 is 0 Å². The maximum atomic E-state index is 11.6. The summed E-state index contributed by atoms with van der Waals surface area (Å²) in [5, 5.41) is 2.86. The number of amides is 1. The summed E-state index contributed by atoms with van der Waals surface area (Å²) in [6, 6.07) is 3.53. The third-order valence-electron chi connectivity index (χ3n) is 2.06. The molecule has 0 aromatic carbocycles. The van der Waals surface area contributed by atoms with Crippen LogP contribution in [-0.2, 0) is 0 Å². The van der Waals surface area contributed by atoms with Gasteiger partial charge in [0.2, 0.25) is 0 Å². The molecule has 0 atom stereocenters. The summed E-state index contributed by atoms with van der Waals surface area (Å²) in [5.41, 5.74) is 0.470. The van der Waals surface area contributed by atoms with Crippen molar-refractivity contribution in [2.75, 3.05) is 11.0 Å². The lowest BCUT2D eigenvalue weighted by Gasteiger charge is -2.03. The lowest BCUT2D eigenvalue weighted by molar-refractivity contribution is 0.0948. The number of aromatic nitrogens is 1. The van der Waals surface area contributed by atoms with Crippen molar-refractivity contribution < 1.29 is 4.79 Å². The number of hydrogen-bond acceptors (Lipinski definition) is 2. The van der Waals surface area contributed by atoms with E-state index in [4.69, 9.17) is 0 Å². The molecule has 1 aromatic heterocycles. The van der Waals surface area contributed by atoms with Crippen LogP contribution in [0.4, 0.5) is 0 Å². The average molecular weight is 397 g/mol. The topological polar surface area (TPSA) is 42.0 Å². The predicted octanol–water partition coefficient (Wildman–Crippen LogP) is 3.18. The average Bonchev–Trinajstić information content (AvgIpc) is 2.29. The Kier molecular flexibility index (Phi) is 6.95. The molecular formula is C11H14BrIN2O. The van der Waals surface area contributed by atoms with E-state index in [-0.39, 0.29) is 5.91 Å². The van der Waals surface area contributed by atoms with E-state index in [9.17, 15) is 4.79 Å². The third-order valence-corrected chi connectivity index (χ3v) is 3.29. The number of unbranched alkanes of at least 4 members (excludes halogenated alkanes) is 2. The first-order valence-electron chi connectivity index (χ1n) is 5.20. The van der Waals surface area contributed by atoms with E-state index in [1.165, 1.54) is 10.8 Å². The fourth-order valence-corrected chi connectivity index (χ4v) is 1.97. The molecule has 0 aliphatic rings. The SMILES string of the molecule is O=C(NCCCCCI)c1ccc(Br)cn1. The van der Waals surface area contributed by atoms with E-state index in [0.717, 1.165) is 23.9 Å². The van der Waals surface area contributed by atoms with Gasteiger partial charge in [0.05, 0.1) is 0 Å². The molecule has 0 radical (unpaired) electrons. The van der Waals surface area contributed by atoms with Gasteiger partial charge in [-0.2, -0.15) is 0 Å². The smallest absolute Gasteiger partial charge is 0.269 e. The van der Waals surface area contributed by atoms with Crippen LogP contribution in [0, 0.1) is 0 Å². The summed E-state index contributed by atoms with van der Waals surface area (Å²) in [5.74, 6) is -0.0954. The fourth-order valence-electron chi connectivity index (χ4n) is 1.20. The molecule has 1 rings (SSSR count). The Morgan fingerprint density at radius 3 is 2.81 bits per heavy atom. The molecule has 1 N–H and O–H groups in total. The van der Waals surface area contributed by atoms with Crippen molar-refractivity contribution in [2.45, 2.75) is 19.3 Å². The quantitative estimate of drug-likeness (QED) is 0.455. The number of nitrogens with one attached hydrogen (secondary N) is 1. The highest BCUT2D eigenvalue weighted by Gasteiger charge is 2.05. The van der Waals surface area contributed by atoms with Crippen LogP contribution in [0.2, 0.25) is 0 Å². The number of pyridine rings is 1. The molecule has 0 bridgehead atoms. The van der Waals surface area contributed by atoms with Gasteiger partial charge in [-0.3, -0.25) is 4.79 Å². The minimum atomic E-state index is -0.0954. The fraction of sp³-hybridized carbons (Fsp3) is 0.455. The summed E-state index contributed by atoms with van der Waals surface area (Å²) in [4.78, 5) is 15.6. The lowest BCUT2D eigenvalue weighted by atomic mass is 10.2. The van der Waals surface area contributed by atoms with Gasteiger partial charge in [0.1, 0.15) is 5.69 Å². The third kappa shape index (κ3) is 5.25. The zero-order valence-electron chi connectivity index (χ0n) is 8.88. The van der Waals surface area contributed by atoms with E-state index in [2.05, 4.69) is 48.8 Å². The molecule has 16 heavy (non-hydrogen) atoms. The lowest BCUT2D eigenvalue weighted by Crippen LogP contribution is -2.25. The summed E-state index contributed by atoms with van der Waals surface area (Å²) < 4.78 is 2.06. The molecule has 88 valence electrons. The van der Waals surface area contributed by atoms with Crippen LogP contribution >= 0.6 is 38.5 Å². The Morgan fingerprint density at radius 2 is 2.19 bits per heavy atom. The van der Waals surface area contributed by atoms with Gasteiger partial charge in [0.15, 0.2) is 0 Å². The molecule has 0 saturated heterocycles. The number of carbonyl (C=O) groups is 1. The van der Waals surface area contributed by atoms with Crippen LogP contribution in [0.1, 0.15) is 29.8 Å². The van der Waals surface area contributed by atoms with Gasteiger partial charge in [-0.15, -0.1) is 0 Å². The Bertz CT molecular complexity index is 329. The Labute approximate surface area is 118 Å². The Balaban J connectivity index is 2.27. The highest BCUT2D eigenvalue weighted by Crippen LogP contribution is 2.07. The largest absolute Gasteiger partial charge is 0.351 e. The molecule has 1 amide bonds. The van der Waals surface area contributed by atoms with Crippen molar-refractivity contribution in [3.63, 3.8) is 0 Å². The van der Waals surface area contributed by atoms with Gasteiger partial charge in [0.25, 0.3) is 5.91 Å². The monoisotopic (exact) mass is 396 g/mol. The molecular weight excluding hydrogens is 383 g/mol. The van der Waals surface area contributed by atoms with E-state index in [1.54, 1.807) is 12.3 Å². The zero-order chi connectivity index (χ0) is 11.8. The molecule has 0 aliphatic heterocycles. The van der Waals surface area contributed by atoms with Crippen molar-refractivity contribution >= 4 is 44.4 Å². The summed E-state index contributed by atoms with van der Waals surface area (Å²) >= 11 is 5.64. The number of halogens is 2. The highest BCUT2D eigenvalue weighted by atomic mass is 127. The van der Waals surface area contributed by atoms with Gasteiger partial charge in [-0.25, -0.2) is 4.98 Å². The van der Waals surface area contributed by atoms with Crippen molar-refractivity contribution in [3.05, 3.63) is 28.5 Å². The van der Waals surface area contributed by atoms with E-state index >= 15 is 0 Å². The molecule has 0 aliphatic carbocycles. The van der Waals surface area contributed by atoms with Crippen LogP contribution in [0.25, 0.3) is 0 Å². The second kappa shape index (κ2) is 8.00. The predicted molar refractivity (Wildman–Crippen MR) is 77.0 cm³/mol. The van der Waals surface area contributed by atoms with Crippen LogP contribution in [0.15, 0.2) is 22.8 Å². The molecule has 0 fully saturated rings. The number of rotatable bonds is 6. The minimum Gasteiger partial charge on any atom is -0.351 e. The molecule has 5 heteroatoms. The van der Waals surface area contributed by atoms with Crippen molar-refractivity contribution in [2.24, 2.45) is 0 Å². The minimum absolute atomic E-state index is 0.0954. The normalized spacial score (nSPS) is 10.1. The van der Waals surface area contributed by atoms with Gasteiger partial charge in [-0.05, 0) is 45.3 Å². The second-order valence-electron chi connectivity index (χ2n) is 3.37. The van der Waals surface area contributed by atoms with E-state index in [1.807, 2.05) is 6.07 Å². The maximum absolute atomic E-state index is 11.6. The number of carbonyl (C=O) groups excluding carboxylic acids is 1. The standard InChI is InChI=1S/C11H14BrIN2O/c12-9-4-5-10(15-8-9)11(16)14-7-3-1-2-6-13/h4-5,8H,1-3,6-7H2,(H,14,16). The van der Waals surface area contributed by atoms with Gasteiger partial charge < -0.3 is 5.32 Å². The first kappa shape index (κ1) is 13.9. The van der Waals surface area contributed by atoms with Crippen molar-refractivity contribution in [1.29, 1.82) is 0 Å². The summed E-state index contributed by atoms with van der Waals surface area (Å²) in [6.45, 7) is 0.729. The van der Waals surface area contributed by atoms with Gasteiger partial charge in [-0.1, -0.05) is 29.0 Å². The summed E-state index contributed by atoms with van der Waals surface area (Å²) in [7, 11) is 0. The molecule has 0 saturated carbocycles. The summed E-state index contributed by atoms with van der Waals surface area (Å²) in [6.07, 6.45) is 5.04. The number of nitrogens with zero attached hydrogens (tertiary/aromatic N) is 1. The first-order valence-corrected chi connectivity index (χ1v) is 7.51. The zero-order valence-corrected chi connectivity index (χ0v) is 12.6. The Hall–Kier alpha value is -0.170. The first-order chi connectivity index (χ1) is 7.74. The molecule has 0 spiro atoms. The van der Waals surface area contributed by atoms with Crippen LogP contribution in [-0.4, -0.2) is 21.9 Å². The van der Waals surface area contributed by atoms with E-state index in [0.29, 0.717) is 5.69 Å². The second-order valence-corrected chi connectivity index (χ2v) is 5.36. The van der Waals surface area contributed by atoms with Crippen molar-refractivity contribution in [3.8, 4) is 0 Å².